The van der Waals surface area contributed by atoms with E-state index in [1.54, 1.807) is 6.92 Å². The Labute approximate surface area is 97.0 Å². The standard InChI is InChI=1S/C12H22O4/c1-3-4-9-16-11(13)8-6-5-7-10(2)12(14)15/h10H,3-9H2,1-2H3,(H,14,15). The third-order valence-corrected chi connectivity index (χ3v) is 2.45. The predicted octanol–water partition coefficient (Wildman–Crippen LogP) is 2.61. The van der Waals surface area contributed by atoms with Crippen LogP contribution in [0.2, 0.25) is 0 Å². The topological polar surface area (TPSA) is 63.6 Å². The van der Waals surface area contributed by atoms with E-state index in [0.717, 1.165) is 19.3 Å². The van der Waals surface area contributed by atoms with E-state index >= 15 is 0 Å². The average molecular weight is 230 g/mol. The van der Waals surface area contributed by atoms with Crippen LogP contribution in [-0.2, 0) is 14.3 Å². The first-order valence-corrected chi connectivity index (χ1v) is 5.96. The molecule has 0 saturated heterocycles. The molecule has 0 aromatic rings. The maximum absolute atomic E-state index is 11.2. The molecule has 94 valence electrons. The fourth-order valence-electron chi connectivity index (χ4n) is 1.25. The van der Waals surface area contributed by atoms with Gasteiger partial charge in [-0.3, -0.25) is 9.59 Å². The number of carboxylic acids is 1. The summed E-state index contributed by atoms with van der Waals surface area (Å²) in [5.74, 6) is -1.27. The molecular weight excluding hydrogens is 208 g/mol. The minimum atomic E-state index is -0.773. The molecule has 16 heavy (non-hydrogen) atoms. The average Bonchev–Trinajstić information content (AvgIpc) is 2.24. The summed E-state index contributed by atoms with van der Waals surface area (Å²) >= 11 is 0. The zero-order chi connectivity index (χ0) is 12.4. The van der Waals surface area contributed by atoms with Gasteiger partial charge in [0.2, 0.25) is 0 Å². The van der Waals surface area contributed by atoms with Crippen LogP contribution in [0.25, 0.3) is 0 Å². The molecule has 1 N–H and O–H groups in total. The third-order valence-electron chi connectivity index (χ3n) is 2.45. The quantitative estimate of drug-likeness (QED) is 0.488. The number of hydrogen-bond donors (Lipinski definition) is 1. The van der Waals surface area contributed by atoms with Gasteiger partial charge in [0.1, 0.15) is 0 Å². The molecule has 0 fully saturated rings. The summed E-state index contributed by atoms with van der Waals surface area (Å²) in [6.45, 7) is 4.23. The largest absolute Gasteiger partial charge is 0.481 e. The van der Waals surface area contributed by atoms with Crippen LogP contribution in [0.4, 0.5) is 0 Å². The molecule has 1 atom stereocenters. The van der Waals surface area contributed by atoms with E-state index in [1.165, 1.54) is 0 Å². The fourth-order valence-corrected chi connectivity index (χ4v) is 1.25. The summed E-state index contributed by atoms with van der Waals surface area (Å²) in [6, 6.07) is 0. The van der Waals surface area contributed by atoms with Gasteiger partial charge in [-0.15, -0.1) is 0 Å². The van der Waals surface area contributed by atoms with E-state index in [-0.39, 0.29) is 11.9 Å². The first-order chi connectivity index (χ1) is 7.57. The second-order valence-electron chi connectivity index (χ2n) is 4.06. The Hall–Kier alpha value is -1.06. The summed E-state index contributed by atoms with van der Waals surface area (Å²) < 4.78 is 4.98. The number of rotatable bonds is 9. The number of hydrogen-bond acceptors (Lipinski definition) is 3. The number of carboxylic acid groups (broad SMARTS) is 1. The minimum absolute atomic E-state index is 0.170. The fraction of sp³-hybridized carbons (Fsp3) is 0.833. The van der Waals surface area contributed by atoms with Crippen molar-refractivity contribution in [3.8, 4) is 0 Å². The van der Waals surface area contributed by atoms with Gasteiger partial charge < -0.3 is 9.84 Å². The molecule has 0 bridgehead atoms. The molecule has 0 heterocycles. The van der Waals surface area contributed by atoms with Gasteiger partial charge in [0, 0.05) is 6.42 Å². The van der Waals surface area contributed by atoms with Crippen molar-refractivity contribution in [2.45, 2.75) is 52.4 Å². The molecule has 1 unspecified atom stereocenters. The second kappa shape index (κ2) is 9.19. The Morgan fingerprint density at radius 2 is 1.94 bits per heavy atom. The molecule has 4 nitrogen and oxygen atoms in total. The van der Waals surface area contributed by atoms with Crippen molar-refractivity contribution in [1.82, 2.24) is 0 Å². The van der Waals surface area contributed by atoms with Crippen molar-refractivity contribution in [3.05, 3.63) is 0 Å². The van der Waals surface area contributed by atoms with E-state index in [2.05, 4.69) is 0 Å². The lowest BCUT2D eigenvalue weighted by molar-refractivity contribution is -0.143. The van der Waals surface area contributed by atoms with Gasteiger partial charge in [-0.05, 0) is 19.3 Å². The molecule has 0 amide bonds. The van der Waals surface area contributed by atoms with Crippen LogP contribution in [0.3, 0.4) is 0 Å². The van der Waals surface area contributed by atoms with E-state index in [1.807, 2.05) is 6.92 Å². The van der Waals surface area contributed by atoms with E-state index in [4.69, 9.17) is 9.84 Å². The van der Waals surface area contributed by atoms with E-state index in [9.17, 15) is 9.59 Å². The van der Waals surface area contributed by atoms with Crippen molar-refractivity contribution in [2.75, 3.05) is 6.61 Å². The Morgan fingerprint density at radius 1 is 1.25 bits per heavy atom. The van der Waals surface area contributed by atoms with E-state index < -0.39 is 5.97 Å². The van der Waals surface area contributed by atoms with Gasteiger partial charge in [-0.25, -0.2) is 0 Å². The maximum atomic E-state index is 11.2. The number of carbonyl (C=O) groups is 2. The maximum Gasteiger partial charge on any atom is 0.306 e. The Balaban J connectivity index is 3.37. The Morgan fingerprint density at radius 3 is 2.50 bits per heavy atom. The highest BCUT2D eigenvalue weighted by molar-refractivity contribution is 5.70. The highest BCUT2D eigenvalue weighted by atomic mass is 16.5. The van der Waals surface area contributed by atoms with Gasteiger partial charge in [-0.2, -0.15) is 0 Å². The molecule has 0 aliphatic rings. The molecule has 0 aliphatic carbocycles. The van der Waals surface area contributed by atoms with Gasteiger partial charge in [0.25, 0.3) is 0 Å². The Bertz CT molecular complexity index is 213. The molecule has 4 heteroatoms. The highest BCUT2D eigenvalue weighted by Crippen LogP contribution is 2.09. The molecule has 0 spiro atoms. The molecule has 0 saturated carbocycles. The van der Waals surface area contributed by atoms with Crippen LogP contribution < -0.4 is 0 Å². The molecule has 0 radical (unpaired) electrons. The monoisotopic (exact) mass is 230 g/mol. The zero-order valence-electron chi connectivity index (χ0n) is 10.2. The lowest BCUT2D eigenvalue weighted by atomic mass is 10.0. The lowest BCUT2D eigenvalue weighted by Gasteiger charge is -2.06. The summed E-state index contributed by atoms with van der Waals surface area (Å²) in [5, 5.41) is 8.64. The van der Waals surface area contributed by atoms with Crippen molar-refractivity contribution in [3.63, 3.8) is 0 Å². The van der Waals surface area contributed by atoms with Crippen molar-refractivity contribution in [2.24, 2.45) is 5.92 Å². The third kappa shape index (κ3) is 8.26. The van der Waals surface area contributed by atoms with Gasteiger partial charge in [0.15, 0.2) is 0 Å². The summed E-state index contributed by atoms with van der Waals surface area (Å²) in [7, 11) is 0. The van der Waals surface area contributed by atoms with Crippen LogP contribution in [0.15, 0.2) is 0 Å². The van der Waals surface area contributed by atoms with Crippen molar-refractivity contribution >= 4 is 11.9 Å². The van der Waals surface area contributed by atoms with Gasteiger partial charge in [-0.1, -0.05) is 26.7 Å². The van der Waals surface area contributed by atoms with Crippen molar-refractivity contribution in [1.29, 1.82) is 0 Å². The predicted molar refractivity (Wildman–Crippen MR) is 61.1 cm³/mol. The minimum Gasteiger partial charge on any atom is -0.481 e. The molecule has 0 rings (SSSR count). The zero-order valence-corrected chi connectivity index (χ0v) is 10.2. The highest BCUT2D eigenvalue weighted by Gasteiger charge is 2.10. The lowest BCUT2D eigenvalue weighted by Crippen LogP contribution is -2.10. The molecular formula is C12H22O4. The number of ether oxygens (including phenoxy) is 1. The second-order valence-corrected chi connectivity index (χ2v) is 4.06. The number of unbranched alkanes of at least 4 members (excludes halogenated alkanes) is 2. The summed E-state index contributed by atoms with van der Waals surface area (Å²) in [6.07, 6.45) is 4.41. The van der Waals surface area contributed by atoms with Crippen LogP contribution in [0.1, 0.15) is 52.4 Å². The first-order valence-electron chi connectivity index (χ1n) is 5.96. The molecule has 0 aromatic carbocycles. The van der Waals surface area contributed by atoms with Crippen molar-refractivity contribution < 1.29 is 19.4 Å². The van der Waals surface area contributed by atoms with Gasteiger partial charge in [0.05, 0.1) is 12.5 Å². The summed E-state index contributed by atoms with van der Waals surface area (Å²) in [5.41, 5.74) is 0. The number of carbonyl (C=O) groups excluding carboxylic acids is 1. The number of aliphatic carboxylic acids is 1. The molecule has 0 aliphatic heterocycles. The van der Waals surface area contributed by atoms with E-state index in [0.29, 0.717) is 25.9 Å². The van der Waals surface area contributed by atoms with Crippen LogP contribution in [-0.4, -0.2) is 23.7 Å². The SMILES string of the molecule is CCCCOC(=O)CCCCC(C)C(=O)O. The smallest absolute Gasteiger partial charge is 0.306 e. The van der Waals surface area contributed by atoms with Crippen LogP contribution >= 0.6 is 0 Å². The normalized spacial score (nSPS) is 12.1. The van der Waals surface area contributed by atoms with Crippen LogP contribution in [0.5, 0.6) is 0 Å². The molecule has 0 aromatic heterocycles. The van der Waals surface area contributed by atoms with Gasteiger partial charge >= 0.3 is 11.9 Å². The number of esters is 1. The van der Waals surface area contributed by atoms with Crippen LogP contribution in [0, 0.1) is 5.92 Å². The Kier molecular flexibility index (Phi) is 8.58. The first kappa shape index (κ1) is 14.9. The summed E-state index contributed by atoms with van der Waals surface area (Å²) in [4.78, 5) is 21.7.